The second-order valence-electron chi connectivity index (χ2n) is 6.12. The van der Waals surface area contributed by atoms with E-state index >= 15 is 0 Å². The molecule has 0 radical (unpaired) electrons. The highest BCUT2D eigenvalue weighted by Gasteiger charge is 2.47. The quantitative estimate of drug-likeness (QED) is 0.340. The van der Waals surface area contributed by atoms with E-state index in [4.69, 9.17) is 14.2 Å². The SMILES string of the molecule is O[C@H](COCc1ccccc1)[C@H](OCc1ccccc1)C1OC1CI. The molecule has 0 amide bonds. The summed E-state index contributed by atoms with van der Waals surface area (Å²) in [7, 11) is 0. The van der Waals surface area contributed by atoms with Gasteiger partial charge in [-0.15, -0.1) is 0 Å². The Morgan fingerprint density at radius 1 is 0.960 bits per heavy atom. The molecular formula is C20H23IO4. The fourth-order valence-electron chi connectivity index (χ4n) is 2.73. The molecule has 4 atom stereocenters. The van der Waals surface area contributed by atoms with E-state index in [0.29, 0.717) is 13.2 Å². The summed E-state index contributed by atoms with van der Waals surface area (Å²) in [5.74, 6) is 0. The van der Waals surface area contributed by atoms with Crippen molar-refractivity contribution in [3.8, 4) is 0 Å². The Morgan fingerprint density at radius 2 is 1.56 bits per heavy atom. The van der Waals surface area contributed by atoms with Crippen LogP contribution >= 0.6 is 22.6 Å². The second kappa shape index (κ2) is 9.64. The van der Waals surface area contributed by atoms with Crippen molar-refractivity contribution in [3.63, 3.8) is 0 Å². The van der Waals surface area contributed by atoms with E-state index in [1.807, 2.05) is 60.7 Å². The van der Waals surface area contributed by atoms with E-state index in [1.54, 1.807) is 0 Å². The molecule has 2 aromatic carbocycles. The molecule has 4 nitrogen and oxygen atoms in total. The van der Waals surface area contributed by atoms with Crippen LogP contribution in [0.15, 0.2) is 60.7 Å². The van der Waals surface area contributed by atoms with Gasteiger partial charge in [-0.05, 0) is 11.1 Å². The number of halogens is 1. The monoisotopic (exact) mass is 454 g/mol. The van der Waals surface area contributed by atoms with Crippen molar-refractivity contribution < 1.29 is 19.3 Å². The molecule has 3 rings (SSSR count). The minimum atomic E-state index is -0.717. The second-order valence-corrected chi connectivity index (χ2v) is 7.00. The van der Waals surface area contributed by atoms with Crippen LogP contribution in [0, 0.1) is 0 Å². The Bertz CT molecular complexity index is 622. The molecule has 1 saturated heterocycles. The van der Waals surface area contributed by atoms with Crippen molar-refractivity contribution in [2.75, 3.05) is 11.0 Å². The lowest BCUT2D eigenvalue weighted by atomic mass is 10.1. The number of epoxide rings is 1. The van der Waals surface area contributed by atoms with Gasteiger partial charge in [-0.1, -0.05) is 83.3 Å². The molecule has 1 heterocycles. The number of hydrogen-bond donors (Lipinski definition) is 1. The fraction of sp³-hybridized carbons (Fsp3) is 0.400. The predicted molar refractivity (Wildman–Crippen MR) is 105 cm³/mol. The van der Waals surface area contributed by atoms with E-state index < -0.39 is 6.10 Å². The summed E-state index contributed by atoms with van der Waals surface area (Å²) in [4.78, 5) is 0. The van der Waals surface area contributed by atoms with Crippen molar-refractivity contribution >= 4 is 22.6 Å². The van der Waals surface area contributed by atoms with E-state index in [-0.39, 0.29) is 24.9 Å². The molecule has 0 saturated carbocycles. The van der Waals surface area contributed by atoms with Crippen molar-refractivity contribution in [2.24, 2.45) is 0 Å². The normalized spacial score (nSPS) is 21.7. The largest absolute Gasteiger partial charge is 0.388 e. The van der Waals surface area contributed by atoms with Gasteiger partial charge in [-0.25, -0.2) is 0 Å². The Kier molecular flexibility index (Phi) is 7.24. The highest BCUT2D eigenvalue weighted by atomic mass is 127. The van der Waals surface area contributed by atoms with Gasteiger partial charge in [0, 0.05) is 4.43 Å². The number of hydrogen-bond acceptors (Lipinski definition) is 4. The van der Waals surface area contributed by atoms with E-state index in [1.165, 1.54) is 0 Å². The third-order valence-corrected chi connectivity index (χ3v) is 5.03. The first-order valence-corrected chi connectivity index (χ1v) is 9.97. The summed E-state index contributed by atoms with van der Waals surface area (Å²) in [6.07, 6.45) is -0.998. The predicted octanol–water partition coefficient (Wildman–Crippen LogP) is 3.35. The third kappa shape index (κ3) is 5.76. The molecule has 25 heavy (non-hydrogen) atoms. The van der Waals surface area contributed by atoms with E-state index in [2.05, 4.69) is 22.6 Å². The fourth-order valence-corrected chi connectivity index (χ4v) is 3.44. The summed E-state index contributed by atoms with van der Waals surface area (Å²) in [6.45, 7) is 1.15. The number of ether oxygens (including phenoxy) is 3. The zero-order valence-corrected chi connectivity index (χ0v) is 16.1. The molecule has 134 valence electrons. The van der Waals surface area contributed by atoms with Crippen LogP contribution in [0.5, 0.6) is 0 Å². The topological polar surface area (TPSA) is 51.2 Å². The maximum Gasteiger partial charge on any atom is 0.115 e. The van der Waals surface area contributed by atoms with Gasteiger partial charge in [0.1, 0.15) is 18.3 Å². The number of rotatable bonds is 10. The van der Waals surface area contributed by atoms with Crippen LogP contribution in [0.2, 0.25) is 0 Å². The van der Waals surface area contributed by atoms with Gasteiger partial charge < -0.3 is 19.3 Å². The van der Waals surface area contributed by atoms with Gasteiger partial charge in [0.15, 0.2) is 0 Å². The van der Waals surface area contributed by atoms with E-state index in [0.717, 1.165) is 15.6 Å². The molecule has 5 heteroatoms. The summed E-state index contributed by atoms with van der Waals surface area (Å²) in [6, 6.07) is 19.9. The molecule has 2 aromatic rings. The average Bonchev–Trinajstić information content (AvgIpc) is 3.43. The summed E-state index contributed by atoms with van der Waals surface area (Å²) in [5.41, 5.74) is 2.17. The first-order valence-electron chi connectivity index (χ1n) is 8.44. The lowest BCUT2D eigenvalue weighted by Gasteiger charge is -2.22. The molecule has 1 fully saturated rings. The molecular weight excluding hydrogens is 431 g/mol. The number of aliphatic hydroxyl groups is 1. The first kappa shape index (κ1) is 18.8. The molecule has 2 unspecified atom stereocenters. The highest BCUT2D eigenvalue weighted by Crippen LogP contribution is 2.31. The van der Waals surface area contributed by atoms with Gasteiger partial charge in [-0.3, -0.25) is 0 Å². The van der Waals surface area contributed by atoms with E-state index in [9.17, 15) is 5.11 Å². The third-order valence-electron chi connectivity index (χ3n) is 4.16. The van der Waals surface area contributed by atoms with Gasteiger partial charge in [0.25, 0.3) is 0 Å². The minimum Gasteiger partial charge on any atom is -0.388 e. The smallest absolute Gasteiger partial charge is 0.115 e. The van der Waals surface area contributed by atoms with Gasteiger partial charge in [0.05, 0.1) is 25.9 Å². The van der Waals surface area contributed by atoms with Crippen LogP contribution in [0.3, 0.4) is 0 Å². The van der Waals surface area contributed by atoms with Crippen molar-refractivity contribution in [3.05, 3.63) is 71.8 Å². The Labute approximate surface area is 162 Å². The number of benzene rings is 2. The van der Waals surface area contributed by atoms with Crippen LogP contribution in [0.1, 0.15) is 11.1 Å². The molecule has 0 aromatic heterocycles. The Morgan fingerprint density at radius 3 is 2.12 bits per heavy atom. The number of alkyl halides is 1. The molecule has 0 bridgehead atoms. The molecule has 1 aliphatic rings. The minimum absolute atomic E-state index is 0.0593. The molecule has 0 spiro atoms. The van der Waals surface area contributed by atoms with Crippen molar-refractivity contribution in [1.29, 1.82) is 0 Å². The molecule has 0 aliphatic carbocycles. The zero-order valence-electron chi connectivity index (χ0n) is 14.0. The van der Waals surface area contributed by atoms with Crippen LogP contribution < -0.4 is 0 Å². The van der Waals surface area contributed by atoms with Crippen LogP contribution in [0.25, 0.3) is 0 Å². The van der Waals surface area contributed by atoms with Crippen molar-refractivity contribution in [1.82, 2.24) is 0 Å². The lowest BCUT2D eigenvalue weighted by Crippen LogP contribution is -2.38. The maximum absolute atomic E-state index is 10.6. The van der Waals surface area contributed by atoms with Gasteiger partial charge in [0.2, 0.25) is 0 Å². The van der Waals surface area contributed by atoms with Crippen LogP contribution in [-0.2, 0) is 27.4 Å². The van der Waals surface area contributed by atoms with Crippen LogP contribution in [0.4, 0.5) is 0 Å². The molecule has 1 N–H and O–H groups in total. The van der Waals surface area contributed by atoms with Gasteiger partial charge >= 0.3 is 0 Å². The molecule has 1 aliphatic heterocycles. The first-order chi connectivity index (χ1) is 12.3. The Balaban J connectivity index is 1.51. The average molecular weight is 454 g/mol. The van der Waals surface area contributed by atoms with Gasteiger partial charge in [-0.2, -0.15) is 0 Å². The highest BCUT2D eigenvalue weighted by molar-refractivity contribution is 14.1. The summed E-state index contributed by atoms with van der Waals surface area (Å²) >= 11 is 2.29. The lowest BCUT2D eigenvalue weighted by molar-refractivity contribution is -0.0899. The maximum atomic E-state index is 10.6. The summed E-state index contributed by atoms with van der Waals surface area (Å²) < 4.78 is 18.2. The Hall–Kier alpha value is -0.990. The number of aliphatic hydroxyl groups excluding tert-OH is 1. The summed E-state index contributed by atoms with van der Waals surface area (Å²) in [5, 5.41) is 10.6. The van der Waals surface area contributed by atoms with Crippen molar-refractivity contribution in [2.45, 2.75) is 37.6 Å². The zero-order chi connectivity index (χ0) is 17.5. The standard InChI is InChI=1S/C20H23IO4/c21-11-18-20(25-18)19(24-13-16-9-5-2-6-10-16)17(22)14-23-12-15-7-3-1-4-8-15/h1-10,17-20,22H,11-14H2/t17-,18?,19+,20?/m1/s1. The van der Waals surface area contributed by atoms with Crippen LogP contribution in [-0.4, -0.2) is 40.6 Å².